The number of ether oxygens (including phenoxy) is 3. The lowest BCUT2D eigenvalue weighted by Crippen LogP contribution is -2.50. The Kier molecular flexibility index (Phi) is 7.64. The highest BCUT2D eigenvalue weighted by Gasteiger charge is 2.42. The molecule has 2 aliphatic rings. The first-order valence-corrected chi connectivity index (χ1v) is 10.4. The Morgan fingerprint density at radius 1 is 1.21 bits per heavy atom. The van der Waals surface area contributed by atoms with Crippen LogP contribution in [-0.2, 0) is 30.4 Å². The molecule has 9 nitrogen and oxygen atoms in total. The maximum absolute atomic E-state index is 13.1. The first-order chi connectivity index (χ1) is 15.9. The lowest BCUT2D eigenvalue weighted by molar-refractivity contribution is -0.136. The molecule has 1 aromatic rings. The number of esters is 1. The zero-order valence-electron chi connectivity index (χ0n) is 18.4. The van der Waals surface area contributed by atoms with Crippen LogP contribution >= 0.6 is 0 Å². The van der Waals surface area contributed by atoms with Gasteiger partial charge >= 0.3 is 12.1 Å². The fourth-order valence-electron chi connectivity index (χ4n) is 3.50. The molecular weight excluding hydrogens is 426 g/mol. The van der Waals surface area contributed by atoms with Gasteiger partial charge in [0.25, 0.3) is 5.91 Å². The molecule has 2 aliphatic heterocycles. The normalized spacial score (nSPS) is 19.8. The summed E-state index contributed by atoms with van der Waals surface area (Å²) in [7, 11) is 1.20. The number of methoxy groups -OCH3 is 1. The van der Waals surface area contributed by atoms with Gasteiger partial charge in [0.2, 0.25) is 0 Å². The number of benzene rings is 1. The average molecular weight is 451 g/mol. The van der Waals surface area contributed by atoms with Crippen molar-refractivity contribution >= 4 is 18.0 Å². The first-order valence-electron chi connectivity index (χ1n) is 10.4. The summed E-state index contributed by atoms with van der Waals surface area (Å²) in [6.45, 7) is 5.34. The number of rotatable bonds is 6. The summed E-state index contributed by atoms with van der Waals surface area (Å²) >= 11 is 0. The van der Waals surface area contributed by atoms with E-state index in [-0.39, 0.29) is 30.1 Å². The molecule has 0 spiro atoms. The Hall–Kier alpha value is -3.90. The van der Waals surface area contributed by atoms with Crippen LogP contribution in [-0.4, -0.2) is 66.7 Å². The molecule has 3 rings (SSSR count). The minimum absolute atomic E-state index is 0.000847. The molecule has 0 aromatic heterocycles. The third-order valence-electron chi connectivity index (χ3n) is 5.33. The van der Waals surface area contributed by atoms with Gasteiger partial charge < -0.3 is 19.1 Å². The van der Waals surface area contributed by atoms with Crippen molar-refractivity contribution in [2.24, 2.45) is 0 Å². The zero-order chi connectivity index (χ0) is 23.8. The fraction of sp³-hybridized carbons (Fsp3) is 0.333. The monoisotopic (exact) mass is 451 g/mol. The van der Waals surface area contributed by atoms with Gasteiger partial charge in [0, 0.05) is 31.3 Å². The highest BCUT2D eigenvalue weighted by Crippen LogP contribution is 2.32. The molecule has 1 aromatic carbocycles. The molecule has 2 heterocycles. The second-order valence-electron chi connectivity index (χ2n) is 7.54. The predicted octanol–water partition coefficient (Wildman–Crippen LogP) is 2.32. The van der Waals surface area contributed by atoms with E-state index in [0.29, 0.717) is 26.3 Å². The molecule has 33 heavy (non-hydrogen) atoms. The Morgan fingerprint density at radius 3 is 2.55 bits per heavy atom. The number of carbonyl (C=O) groups is 3. The molecule has 9 heteroatoms. The van der Waals surface area contributed by atoms with E-state index in [1.54, 1.807) is 17.0 Å². The summed E-state index contributed by atoms with van der Waals surface area (Å²) in [5.74, 6) is -0.997. The maximum Gasteiger partial charge on any atom is 0.415 e. The number of nitrogens with zero attached hydrogens (tertiary/aromatic N) is 3. The Balaban J connectivity index is 1.89. The quantitative estimate of drug-likeness (QED) is 0.482. The molecule has 172 valence electrons. The topological polar surface area (TPSA) is 109 Å². The molecule has 1 saturated heterocycles. The van der Waals surface area contributed by atoms with Crippen molar-refractivity contribution in [3.8, 4) is 6.07 Å². The summed E-state index contributed by atoms with van der Waals surface area (Å²) in [5, 5.41) is 10.0. The van der Waals surface area contributed by atoms with Crippen molar-refractivity contribution in [3.63, 3.8) is 0 Å². The lowest BCUT2D eigenvalue weighted by Gasteiger charge is -2.37. The number of amides is 2. The van der Waals surface area contributed by atoms with Crippen LogP contribution in [0.3, 0.4) is 0 Å². The summed E-state index contributed by atoms with van der Waals surface area (Å²) < 4.78 is 15.4. The van der Waals surface area contributed by atoms with Gasteiger partial charge in [-0.2, -0.15) is 5.26 Å². The van der Waals surface area contributed by atoms with Crippen LogP contribution in [0, 0.1) is 11.3 Å². The molecule has 2 amide bonds. The SMILES string of the molecule is C=C(CC1(C#N)C=CC(C(=O)N2CCOCC2)=CN1C(=O)OCc1ccccc1)C(=O)OC. The Morgan fingerprint density at radius 2 is 1.91 bits per heavy atom. The van der Waals surface area contributed by atoms with E-state index in [9.17, 15) is 19.6 Å². The Bertz CT molecular complexity index is 1020. The van der Waals surface area contributed by atoms with E-state index in [2.05, 4.69) is 17.4 Å². The van der Waals surface area contributed by atoms with Crippen molar-refractivity contribution < 1.29 is 28.6 Å². The third kappa shape index (κ3) is 5.48. The molecule has 0 radical (unpaired) electrons. The number of nitriles is 1. The molecule has 1 atom stereocenters. The van der Waals surface area contributed by atoms with E-state index in [1.165, 1.54) is 25.5 Å². The minimum atomic E-state index is -1.62. The van der Waals surface area contributed by atoms with Crippen LogP contribution in [0.25, 0.3) is 0 Å². The van der Waals surface area contributed by atoms with Gasteiger partial charge in [-0.15, -0.1) is 0 Å². The smallest absolute Gasteiger partial charge is 0.415 e. The second-order valence-corrected chi connectivity index (χ2v) is 7.54. The third-order valence-corrected chi connectivity index (χ3v) is 5.33. The van der Waals surface area contributed by atoms with Gasteiger partial charge in [0.15, 0.2) is 5.54 Å². The summed E-state index contributed by atoms with van der Waals surface area (Å²) in [6.07, 6.45) is 3.13. The van der Waals surface area contributed by atoms with E-state index in [1.807, 2.05) is 18.2 Å². The summed E-state index contributed by atoms with van der Waals surface area (Å²) in [4.78, 5) is 40.7. The van der Waals surface area contributed by atoms with Crippen LogP contribution < -0.4 is 0 Å². The van der Waals surface area contributed by atoms with Gasteiger partial charge in [-0.05, 0) is 17.7 Å². The van der Waals surface area contributed by atoms with E-state index >= 15 is 0 Å². The molecule has 1 fully saturated rings. The average Bonchev–Trinajstić information content (AvgIpc) is 2.87. The molecule has 0 saturated carbocycles. The standard InChI is InChI=1S/C24H25N3O6/c1-18(22(29)31-2)14-24(17-25)9-8-20(21(28)26-10-12-32-13-11-26)15-27(24)23(30)33-16-19-6-4-3-5-7-19/h3-9,15H,1,10-14,16H2,2H3. The van der Waals surface area contributed by atoms with Gasteiger partial charge in [-0.3, -0.25) is 9.69 Å². The predicted molar refractivity (Wildman–Crippen MR) is 117 cm³/mol. The van der Waals surface area contributed by atoms with Crippen LogP contribution in [0.1, 0.15) is 12.0 Å². The van der Waals surface area contributed by atoms with Crippen molar-refractivity contribution in [2.75, 3.05) is 33.4 Å². The fourth-order valence-corrected chi connectivity index (χ4v) is 3.50. The van der Waals surface area contributed by atoms with Gasteiger partial charge in [0.05, 0.1) is 32.0 Å². The Labute approximate surface area is 192 Å². The second kappa shape index (κ2) is 10.6. The van der Waals surface area contributed by atoms with Crippen molar-refractivity contribution in [1.29, 1.82) is 5.26 Å². The first kappa shape index (κ1) is 23.8. The van der Waals surface area contributed by atoms with Gasteiger partial charge in [0.1, 0.15) is 6.61 Å². The molecule has 0 bridgehead atoms. The highest BCUT2D eigenvalue weighted by atomic mass is 16.6. The number of hydrogen-bond acceptors (Lipinski definition) is 7. The molecular formula is C24H25N3O6. The molecule has 0 aliphatic carbocycles. The van der Waals surface area contributed by atoms with E-state index in [4.69, 9.17) is 9.47 Å². The van der Waals surface area contributed by atoms with Crippen LogP contribution in [0.15, 0.2) is 66.4 Å². The van der Waals surface area contributed by atoms with Crippen molar-refractivity contribution in [1.82, 2.24) is 9.80 Å². The van der Waals surface area contributed by atoms with Crippen LogP contribution in [0.5, 0.6) is 0 Å². The lowest BCUT2D eigenvalue weighted by atomic mass is 9.87. The summed E-state index contributed by atoms with van der Waals surface area (Å²) in [5.41, 5.74) is -0.647. The van der Waals surface area contributed by atoms with Crippen LogP contribution in [0.2, 0.25) is 0 Å². The van der Waals surface area contributed by atoms with E-state index in [0.717, 1.165) is 10.5 Å². The van der Waals surface area contributed by atoms with Crippen LogP contribution in [0.4, 0.5) is 4.79 Å². The van der Waals surface area contributed by atoms with Crippen molar-refractivity contribution in [3.05, 3.63) is 72.0 Å². The number of carbonyl (C=O) groups excluding carboxylic acids is 3. The molecule has 1 unspecified atom stereocenters. The zero-order valence-corrected chi connectivity index (χ0v) is 18.4. The largest absolute Gasteiger partial charge is 0.466 e. The minimum Gasteiger partial charge on any atom is -0.466 e. The number of hydrogen-bond donors (Lipinski definition) is 0. The maximum atomic E-state index is 13.1. The highest BCUT2D eigenvalue weighted by molar-refractivity contribution is 5.97. The van der Waals surface area contributed by atoms with E-state index < -0.39 is 17.6 Å². The number of morpholine rings is 1. The van der Waals surface area contributed by atoms with Gasteiger partial charge in [-0.1, -0.05) is 36.9 Å². The van der Waals surface area contributed by atoms with Crippen molar-refractivity contribution in [2.45, 2.75) is 18.6 Å². The summed E-state index contributed by atoms with van der Waals surface area (Å²) in [6, 6.07) is 11.1. The molecule has 0 N–H and O–H groups in total. The van der Waals surface area contributed by atoms with Gasteiger partial charge in [-0.25, -0.2) is 9.59 Å².